The Morgan fingerprint density at radius 3 is 2.42 bits per heavy atom. The molecular formula is C16H20ClNS. The highest BCUT2D eigenvalue weighted by Gasteiger charge is 2.17. The molecule has 0 saturated heterocycles. The summed E-state index contributed by atoms with van der Waals surface area (Å²) < 4.78 is 0. The van der Waals surface area contributed by atoms with Crippen LogP contribution in [-0.2, 0) is 0 Å². The van der Waals surface area contributed by atoms with E-state index in [1.54, 1.807) is 0 Å². The number of hydrogen-bond donors (Lipinski definition) is 1. The van der Waals surface area contributed by atoms with Gasteiger partial charge in [-0.25, -0.2) is 0 Å². The summed E-state index contributed by atoms with van der Waals surface area (Å²) in [6, 6.07) is 8.79. The van der Waals surface area contributed by atoms with E-state index >= 15 is 0 Å². The Kier molecular flexibility index (Phi) is 4.67. The van der Waals surface area contributed by atoms with Crippen molar-refractivity contribution in [3.63, 3.8) is 0 Å². The monoisotopic (exact) mass is 293 g/mol. The maximum absolute atomic E-state index is 6.20. The van der Waals surface area contributed by atoms with Gasteiger partial charge in [0.15, 0.2) is 0 Å². The molecule has 0 bridgehead atoms. The molecule has 0 saturated carbocycles. The SMILES string of the molecule is CCNC(c1cc(C)cc(Cl)c1)c1cc(C)sc1C. The molecule has 102 valence electrons. The van der Waals surface area contributed by atoms with Crippen LogP contribution in [0.3, 0.4) is 0 Å². The van der Waals surface area contributed by atoms with E-state index in [0.29, 0.717) is 0 Å². The Bertz CT molecular complexity index is 554. The first-order chi connectivity index (χ1) is 9.01. The number of nitrogens with one attached hydrogen (secondary N) is 1. The van der Waals surface area contributed by atoms with E-state index in [1.807, 2.05) is 17.4 Å². The van der Waals surface area contributed by atoms with Gasteiger partial charge in [-0.1, -0.05) is 24.6 Å². The second-order valence-electron chi connectivity index (χ2n) is 4.92. The maximum Gasteiger partial charge on any atom is 0.0588 e. The van der Waals surface area contributed by atoms with Crippen molar-refractivity contribution >= 4 is 22.9 Å². The summed E-state index contributed by atoms with van der Waals surface area (Å²) >= 11 is 8.06. The molecule has 1 heterocycles. The number of aryl methyl sites for hydroxylation is 3. The van der Waals surface area contributed by atoms with Crippen molar-refractivity contribution in [3.8, 4) is 0 Å². The van der Waals surface area contributed by atoms with E-state index in [1.165, 1.54) is 26.4 Å². The molecule has 0 aliphatic heterocycles. The Labute approximate surface area is 124 Å². The molecule has 1 aromatic heterocycles. The lowest BCUT2D eigenvalue weighted by atomic mass is 9.97. The van der Waals surface area contributed by atoms with Crippen LogP contribution in [0.2, 0.25) is 5.02 Å². The zero-order valence-electron chi connectivity index (χ0n) is 11.9. The van der Waals surface area contributed by atoms with Crippen molar-refractivity contribution in [2.75, 3.05) is 6.54 Å². The summed E-state index contributed by atoms with van der Waals surface area (Å²) in [4.78, 5) is 2.73. The fourth-order valence-corrected chi connectivity index (χ4v) is 3.74. The lowest BCUT2D eigenvalue weighted by molar-refractivity contribution is 0.629. The Morgan fingerprint density at radius 1 is 1.16 bits per heavy atom. The first kappa shape index (κ1) is 14.6. The van der Waals surface area contributed by atoms with Gasteiger partial charge in [-0.3, -0.25) is 0 Å². The lowest BCUT2D eigenvalue weighted by Crippen LogP contribution is -2.22. The van der Waals surface area contributed by atoms with Crippen molar-refractivity contribution in [2.24, 2.45) is 0 Å². The number of halogens is 1. The third kappa shape index (κ3) is 3.38. The van der Waals surface area contributed by atoms with Gasteiger partial charge in [-0.2, -0.15) is 0 Å². The Balaban J connectivity index is 2.47. The molecular weight excluding hydrogens is 274 g/mol. The smallest absolute Gasteiger partial charge is 0.0588 e. The first-order valence-electron chi connectivity index (χ1n) is 6.58. The van der Waals surface area contributed by atoms with Crippen molar-refractivity contribution in [1.29, 1.82) is 0 Å². The Morgan fingerprint density at radius 2 is 1.89 bits per heavy atom. The molecule has 0 spiro atoms. The van der Waals surface area contributed by atoms with Gasteiger partial charge in [-0.15, -0.1) is 11.3 Å². The second-order valence-corrected chi connectivity index (χ2v) is 6.82. The highest BCUT2D eigenvalue weighted by Crippen LogP contribution is 2.32. The number of benzene rings is 1. The second kappa shape index (κ2) is 6.08. The highest BCUT2D eigenvalue weighted by atomic mass is 35.5. The molecule has 0 amide bonds. The summed E-state index contributed by atoms with van der Waals surface area (Å²) in [5.74, 6) is 0. The van der Waals surface area contributed by atoms with Crippen LogP contribution in [0.15, 0.2) is 24.3 Å². The van der Waals surface area contributed by atoms with Crippen molar-refractivity contribution < 1.29 is 0 Å². The molecule has 2 rings (SSSR count). The zero-order chi connectivity index (χ0) is 14.0. The average Bonchev–Trinajstić information content (AvgIpc) is 2.64. The van der Waals surface area contributed by atoms with Gasteiger partial charge in [0.1, 0.15) is 0 Å². The van der Waals surface area contributed by atoms with E-state index in [4.69, 9.17) is 11.6 Å². The van der Waals surface area contributed by atoms with E-state index in [9.17, 15) is 0 Å². The van der Waals surface area contributed by atoms with Crippen LogP contribution in [0.1, 0.15) is 39.4 Å². The predicted molar refractivity (Wildman–Crippen MR) is 85.5 cm³/mol. The highest BCUT2D eigenvalue weighted by molar-refractivity contribution is 7.12. The Hall–Kier alpha value is -0.830. The van der Waals surface area contributed by atoms with Crippen LogP contribution in [-0.4, -0.2) is 6.54 Å². The number of thiophene rings is 1. The quantitative estimate of drug-likeness (QED) is 0.834. The number of rotatable bonds is 4. The van der Waals surface area contributed by atoms with Gasteiger partial charge in [0.25, 0.3) is 0 Å². The molecule has 1 N–H and O–H groups in total. The van der Waals surface area contributed by atoms with Gasteiger partial charge in [-0.05, 0) is 62.2 Å². The summed E-state index contributed by atoms with van der Waals surface area (Å²) in [6.07, 6.45) is 0. The van der Waals surface area contributed by atoms with Crippen molar-refractivity contribution in [1.82, 2.24) is 5.32 Å². The summed E-state index contributed by atoms with van der Waals surface area (Å²) in [5.41, 5.74) is 3.81. The van der Waals surface area contributed by atoms with E-state index in [2.05, 4.69) is 51.2 Å². The van der Waals surface area contributed by atoms with Crippen molar-refractivity contribution in [3.05, 3.63) is 55.7 Å². The summed E-state index contributed by atoms with van der Waals surface area (Å²) in [6.45, 7) is 9.51. The topological polar surface area (TPSA) is 12.0 Å². The molecule has 3 heteroatoms. The molecule has 0 radical (unpaired) electrons. The van der Waals surface area contributed by atoms with E-state index in [-0.39, 0.29) is 6.04 Å². The summed E-state index contributed by atoms with van der Waals surface area (Å²) in [5, 5.41) is 4.38. The molecule has 1 unspecified atom stereocenters. The predicted octanol–water partition coefficient (Wildman–Crippen LogP) is 5.03. The molecule has 0 aliphatic rings. The normalized spacial score (nSPS) is 12.7. The fraction of sp³-hybridized carbons (Fsp3) is 0.375. The minimum absolute atomic E-state index is 0.229. The molecule has 0 fully saturated rings. The standard InChI is InChI=1S/C16H20ClNS/c1-5-18-16(15-8-11(3)19-12(15)4)13-6-10(2)7-14(17)9-13/h6-9,16,18H,5H2,1-4H3. The minimum Gasteiger partial charge on any atom is -0.306 e. The molecule has 2 aromatic rings. The molecule has 1 atom stereocenters. The van der Waals surface area contributed by atoms with Crippen LogP contribution in [0.4, 0.5) is 0 Å². The zero-order valence-corrected chi connectivity index (χ0v) is 13.5. The van der Waals surface area contributed by atoms with Gasteiger partial charge >= 0.3 is 0 Å². The molecule has 1 nitrogen and oxygen atoms in total. The third-order valence-electron chi connectivity index (χ3n) is 3.20. The van der Waals surface area contributed by atoms with E-state index < -0.39 is 0 Å². The summed E-state index contributed by atoms with van der Waals surface area (Å²) in [7, 11) is 0. The average molecular weight is 294 g/mol. The first-order valence-corrected chi connectivity index (χ1v) is 7.78. The fourth-order valence-electron chi connectivity index (χ4n) is 2.48. The lowest BCUT2D eigenvalue weighted by Gasteiger charge is -2.19. The van der Waals surface area contributed by atoms with Crippen LogP contribution in [0.25, 0.3) is 0 Å². The van der Waals surface area contributed by atoms with E-state index in [0.717, 1.165) is 11.6 Å². The minimum atomic E-state index is 0.229. The third-order valence-corrected chi connectivity index (χ3v) is 4.40. The van der Waals surface area contributed by atoms with Gasteiger partial charge < -0.3 is 5.32 Å². The van der Waals surface area contributed by atoms with Gasteiger partial charge in [0, 0.05) is 14.8 Å². The van der Waals surface area contributed by atoms with Crippen LogP contribution in [0.5, 0.6) is 0 Å². The largest absolute Gasteiger partial charge is 0.306 e. The number of hydrogen-bond acceptors (Lipinski definition) is 2. The molecule has 0 aliphatic carbocycles. The van der Waals surface area contributed by atoms with Gasteiger partial charge in [0.2, 0.25) is 0 Å². The molecule has 19 heavy (non-hydrogen) atoms. The maximum atomic E-state index is 6.20. The van der Waals surface area contributed by atoms with Gasteiger partial charge in [0.05, 0.1) is 6.04 Å². The van der Waals surface area contributed by atoms with Crippen LogP contribution in [0, 0.1) is 20.8 Å². The van der Waals surface area contributed by atoms with Crippen LogP contribution >= 0.6 is 22.9 Å². The van der Waals surface area contributed by atoms with Crippen LogP contribution < -0.4 is 5.32 Å². The molecule has 1 aromatic carbocycles. The van der Waals surface area contributed by atoms with Crippen molar-refractivity contribution in [2.45, 2.75) is 33.7 Å².